The third kappa shape index (κ3) is 5.84. The summed E-state index contributed by atoms with van der Waals surface area (Å²) in [7, 11) is 3.25. The van der Waals surface area contributed by atoms with Gasteiger partial charge in [-0.1, -0.05) is 42.8 Å². The Balaban J connectivity index is 0.00000136. The second-order valence-electron chi connectivity index (χ2n) is 5.57. The zero-order chi connectivity index (χ0) is 20.5. The van der Waals surface area contributed by atoms with Crippen molar-refractivity contribution in [2.75, 3.05) is 0 Å². The summed E-state index contributed by atoms with van der Waals surface area (Å²) < 4.78 is 0. The molecular formula is C20H22N2O4S2. The first kappa shape index (κ1) is 22.0. The fourth-order valence-electron chi connectivity index (χ4n) is 2.26. The molecule has 1 aliphatic heterocycles. The highest BCUT2D eigenvalue weighted by molar-refractivity contribution is 8.76. The molecule has 1 fully saturated rings. The highest BCUT2D eigenvalue weighted by atomic mass is 33.1. The molecule has 1 aliphatic rings. The molecule has 6 nitrogen and oxygen atoms in total. The predicted molar refractivity (Wildman–Crippen MR) is 110 cm³/mol. The second-order valence-corrected chi connectivity index (χ2v) is 8.13. The molecule has 1 unspecified atom stereocenters. The topological polar surface area (TPSA) is 76.6 Å². The summed E-state index contributed by atoms with van der Waals surface area (Å²) in [6, 6.07) is 12.7. The molecule has 2 heterocycles. The first-order valence-electron chi connectivity index (χ1n) is 8.97. The molecule has 0 bridgehead atoms. The SMILES string of the molecule is CC.CC(SSc1ccccn1)c1ccc(C(=O)ON2C(=O)CCC2=O)cc1. The number of benzene rings is 1. The molecule has 1 atom stereocenters. The van der Waals surface area contributed by atoms with E-state index >= 15 is 0 Å². The lowest BCUT2D eigenvalue weighted by atomic mass is 10.1. The Labute approximate surface area is 172 Å². The van der Waals surface area contributed by atoms with Gasteiger partial charge in [0.15, 0.2) is 0 Å². The van der Waals surface area contributed by atoms with Gasteiger partial charge >= 0.3 is 5.97 Å². The number of aromatic nitrogens is 1. The van der Waals surface area contributed by atoms with Gasteiger partial charge in [-0.25, -0.2) is 9.78 Å². The van der Waals surface area contributed by atoms with E-state index < -0.39 is 17.8 Å². The highest BCUT2D eigenvalue weighted by Crippen LogP contribution is 2.41. The summed E-state index contributed by atoms with van der Waals surface area (Å²) >= 11 is 0. The summed E-state index contributed by atoms with van der Waals surface area (Å²) in [5.41, 5.74) is 1.33. The molecule has 2 aromatic rings. The van der Waals surface area contributed by atoms with Crippen LogP contribution in [0.25, 0.3) is 0 Å². The molecule has 0 saturated carbocycles. The van der Waals surface area contributed by atoms with E-state index in [4.69, 9.17) is 4.84 Å². The van der Waals surface area contributed by atoms with E-state index in [2.05, 4.69) is 11.9 Å². The van der Waals surface area contributed by atoms with Crippen LogP contribution in [0.5, 0.6) is 0 Å². The first-order chi connectivity index (χ1) is 13.5. The highest BCUT2D eigenvalue weighted by Gasteiger charge is 2.33. The van der Waals surface area contributed by atoms with Crippen molar-refractivity contribution >= 4 is 39.4 Å². The molecule has 0 spiro atoms. The lowest BCUT2D eigenvalue weighted by Gasteiger charge is -2.13. The summed E-state index contributed by atoms with van der Waals surface area (Å²) in [4.78, 5) is 44.3. The minimum Gasteiger partial charge on any atom is -0.325 e. The normalized spacial score (nSPS) is 14.3. The molecule has 2 amide bonds. The Kier molecular flexibility index (Phi) is 8.53. The molecule has 148 valence electrons. The first-order valence-corrected chi connectivity index (χ1v) is 11.2. The van der Waals surface area contributed by atoms with Gasteiger partial charge in [0.05, 0.1) is 5.56 Å². The van der Waals surface area contributed by atoms with Gasteiger partial charge in [0.2, 0.25) is 0 Å². The van der Waals surface area contributed by atoms with Crippen molar-refractivity contribution in [1.82, 2.24) is 10.0 Å². The number of rotatable bonds is 6. The van der Waals surface area contributed by atoms with Crippen molar-refractivity contribution in [3.8, 4) is 0 Å². The Hall–Kier alpha value is -2.32. The maximum absolute atomic E-state index is 12.1. The second kappa shape index (κ2) is 10.9. The van der Waals surface area contributed by atoms with Crippen molar-refractivity contribution in [2.45, 2.75) is 43.9 Å². The number of hydroxylamine groups is 2. The van der Waals surface area contributed by atoms with Crippen LogP contribution in [0.15, 0.2) is 53.7 Å². The van der Waals surface area contributed by atoms with Crippen LogP contribution in [0.3, 0.4) is 0 Å². The number of imide groups is 1. The van der Waals surface area contributed by atoms with Crippen molar-refractivity contribution in [3.05, 3.63) is 59.8 Å². The summed E-state index contributed by atoms with van der Waals surface area (Å²) in [5, 5.41) is 1.68. The van der Waals surface area contributed by atoms with Gasteiger partial charge in [-0.3, -0.25) is 9.59 Å². The smallest absolute Gasteiger partial charge is 0.325 e. The molecule has 0 aliphatic carbocycles. The summed E-state index contributed by atoms with van der Waals surface area (Å²) in [6.45, 7) is 6.06. The van der Waals surface area contributed by atoms with Gasteiger partial charge in [-0.15, -0.1) is 5.06 Å². The van der Waals surface area contributed by atoms with Crippen molar-refractivity contribution in [2.24, 2.45) is 0 Å². The summed E-state index contributed by atoms with van der Waals surface area (Å²) in [5.74, 6) is -1.70. The fourth-order valence-corrected chi connectivity index (χ4v) is 4.36. The maximum Gasteiger partial charge on any atom is 0.363 e. The van der Waals surface area contributed by atoms with Crippen LogP contribution in [0, 0.1) is 0 Å². The van der Waals surface area contributed by atoms with E-state index in [1.54, 1.807) is 39.9 Å². The number of pyridine rings is 1. The third-order valence-corrected chi connectivity index (χ3v) is 6.45. The zero-order valence-electron chi connectivity index (χ0n) is 16.0. The van der Waals surface area contributed by atoms with Gasteiger partial charge < -0.3 is 4.84 Å². The molecule has 1 aromatic carbocycles. The van der Waals surface area contributed by atoms with E-state index in [0.29, 0.717) is 5.06 Å². The Morgan fingerprint density at radius 2 is 1.71 bits per heavy atom. The van der Waals surface area contributed by atoms with E-state index in [9.17, 15) is 14.4 Å². The fraction of sp³-hybridized carbons (Fsp3) is 0.300. The molecule has 3 rings (SSSR count). The lowest BCUT2D eigenvalue weighted by molar-refractivity contribution is -0.172. The van der Waals surface area contributed by atoms with Crippen LogP contribution in [0.2, 0.25) is 0 Å². The average molecular weight is 419 g/mol. The van der Waals surface area contributed by atoms with Crippen LogP contribution in [0.4, 0.5) is 0 Å². The monoisotopic (exact) mass is 418 g/mol. The summed E-state index contributed by atoms with van der Waals surface area (Å²) in [6.07, 6.45) is 1.91. The Morgan fingerprint density at radius 3 is 2.29 bits per heavy atom. The van der Waals surface area contributed by atoms with Crippen LogP contribution in [0.1, 0.15) is 54.8 Å². The van der Waals surface area contributed by atoms with Gasteiger partial charge in [-0.2, -0.15) is 0 Å². The van der Waals surface area contributed by atoms with Crippen molar-refractivity contribution < 1.29 is 19.2 Å². The van der Waals surface area contributed by atoms with Gasteiger partial charge in [0, 0.05) is 24.3 Å². The predicted octanol–water partition coefficient (Wildman–Crippen LogP) is 4.83. The Morgan fingerprint density at radius 1 is 1.07 bits per heavy atom. The van der Waals surface area contributed by atoms with Gasteiger partial charge in [0.25, 0.3) is 11.8 Å². The number of hydrogen-bond acceptors (Lipinski definition) is 7. The molecule has 1 aromatic heterocycles. The average Bonchev–Trinajstić information content (AvgIpc) is 3.06. The standard InChI is InChI=1S/C18H16N2O4S2.C2H6/c1-12(25-26-15-4-2-3-11-19-15)13-5-7-14(8-6-13)18(23)24-20-16(21)9-10-17(20)22;1-2/h2-8,11-12H,9-10H2,1H3;1-2H3. The van der Waals surface area contributed by atoms with Crippen LogP contribution < -0.4 is 0 Å². The zero-order valence-corrected chi connectivity index (χ0v) is 17.6. The van der Waals surface area contributed by atoms with Gasteiger partial charge in [0.1, 0.15) is 5.03 Å². The molecular weight excluding hydrogens is 396 g/mol. The molecule has 28 heavy (non-hydrogen) atoms. The van der Waals surface area contributed by atoms with Crippen molar-refractivity contribution in [1.29, 1.82) is 0 Å². The quantitative estimate of drug-likeness (QED) is 0.491. The minimum atomic E-state index is -0.719. The number of carbonyl (C=O) groups excluding carboxylic acids is 3. The number of carbonyl (C=O) groups is 3. The largest absolute Gasteiger partial charge is 0.363 e. The van der Waals surface area contributed by atoms with E-state index in [1.807, 2.05) is 44.2 Å². The van der Waals surface area contributed by atoms with Gasteiger partial charge in [-0.05, 0) is 47.5 Å². The molecule has 1 saturated heterocycles. The molecule has 0 N–H and O–H groups in total. The number of amides is 2. The minimum absolute atomic E-state index is 0.0771. The number of nitrogens with zero attached hydrogens (tertiary/aromatic N) is 2. The van der Waals surface area contributed by atoms with E-state index in [1.165, 1.54) is 0 Å². The van der Waals surface area contributed by atoms with Crippen LogP contribution in [-0.2, 0) is 14.4 Å². The molecule has 0 radical (unpaired) electrons. The number of hydrogen-bond donors (Lipinski definition) is 0. The van der Waals surface area contributed by atoms with E-state index in [0.717, 1.165) is 10.6 Å². The van der Waals surface area contributed by atoms with Crippen LogP contribution >= 0.6 is 21.6 Å². The van der Waals surface area contributed by atoms with E-state index in [-0.39, 0.29) is 23.7 Å². The van der Waals surface area contributed by atoms with Crippen molar-refractivity contribution in [3.63, 3.8) is 0 Å². The third-order valence-electron chi connectivity index (χ3n) is 3.71. The van der Waals surface area contributed by atoms with Crippen LogP contribution in [-0.4, -0.2) is 27.8 Å². The Bertz CT molecular complexity index is 797. The maximum atomic E-state index is 12.1. The molecule has 8 heteroatoms. The lowest BCUT2D eigenvalue weighted by Crippen LogP contribution is -2.32.